The Labute approximate surface area is 141 Å². The largest absolute Gasteiger partial charge is 0.388 e. The van der Waals surface area contributed by atoms with Gasteiger partial charge in [-0.25, -0.2) is 4.39 Å². The molecule has 0 spiro atoms. The van der Waals surface area contributed by atoms with Crippen LogP contribution in [0.4, 0.5) is 4.39 Å². The van der Waals surface area contributed by atoms with Crippen LogP contribution >= 0.6 is 0 Å². The average molecular weight is 327 g/mol. The Kier molecular flexibility index (Phi) is 5.26. The van der Waals surface area contributed by atoms with Gasteiger partial charge in [0.1, 0.15) is 5.82 Å². The van der Waals surface area contributed by atoms with Gasteiger partial charge >= 0.3 is 0 Å². The maximum absolute atomic E-state index is 13.3. The third-order valence-corrected chi connectivity index (χ3v) is 4.61. The van der Waals surface area contributed by atoms with E-state index in [0.29, 0.717) is 13.0 Å². The Morgan fingerprint density at radius 3 is 2.75 bits per heavy atom. The van der Waals surface area contributed by atoms with E-state index in [1.165, 1.54) is 12.1 Å². The molecule has 1 saturated heterocycles. The van der Waals surface area contributed by atoms with E-state index >= 15 is 0 Å². The van der Waals surface area contributed by atoms with E-state index in [-0.39, 0.29) is 24.2 Å². The summed E-state index contributed by atoms with van der Waals surface area (Å²) in [5, 5.41) is 10.3. The molecular formula is C20H22FNO2. The van der Waals surface area contributed by atoms with Gasteiger partial charge in [-0.2, -0.15) is 0 Å². The van der Waals surface area contributed by atoms with Gasteiger partial charge in [0.2, 0.25) is 5.91 Å². The molecule has 2 atom stereocenters. The highest BCUT2D eigenvalue weighted by Gasteiger charge is 2.30. The molecule has 4 heteroatoms. The Bertz CT molecular complexity index is 689. The summed E-state index contributed by atoms with van der Waals surface area (Å²) in [4.78, 5) is 14.4. The predicted molar refractivity (Wildman–Crippen MR) is 90.9 cm³/mol. The molecule has 1 amide bonds. The van der Waals surface area contributed by atoms with Crippen molar-refractivity contribution in [1.82, 2.24) is 4.90 Å². The summed E-state index contributed by atoms with van der Waals surface area (Å²) in [6.45, 7) is 0.709. The summed E-state index contributed by atoms with van der Waals surface area (Å²) >= 11 is 0. The molecule has 0 bridgehead atoms. The van der Waals surface area contributed by atoms with E-state index < -0.39 is 6.10 Å². The number of hydrogen-bond acceptors (Lipinski definition) is 2. The summed E-state index contributed by atoms with van der Waals surface area (Å²) in [6, 6.07) is 15.9. The zero-order chi connectivity index (χ0) is 16.9. The first-order valence-corrected chi connectivity index (χ1v) is 8.40. The van der Waals surface area contributed by atoms with Crippen LogP contribution in [0.1, 0.15) is 36.5 Å². The van der Waals surface area contributed by atoms with Crippen molar-refractivity contribution in [3.05, 3.63) is 71.5 Å². The van der Waals surface area contributed by atoms with Gasteiger partial charge in [-0.15, -0.1) is 0 Å². The number of likely N-dealkylation sites (tertiary alicyclic amines) is 1. The van der Waals surface area contributed by atoms with Gasteiger partial charge < -0.3 is 10.0 Å². The molecule has 2 aromatic carbocycles. The Balaban J connectivity index is 1.63. The fourth-order valence-corrected chi connectivity index (χ4v) is 3.39. The molecule has 3 rings (SSSR count). The van der Waals surface area contributed by atoms with Crippen molar-refractivity contribution in [2.24, 2.45) is 0 Å². The van der Waals surface area contributed by atoms with Gasteiger partial charge in [0, 0.05) is 12.6 Å². The van der Waals surface area contributed by atoms with Crippen LogP contribution in [-0.2, 0) is 11.2 Å². The van der Waals surface area contributed by atoms with Crippen LogP contribution in [-0.4, -0.2) is 28.5 Å². The third kappa shape index (κ3) is 4.01. The molecule has 1 heterocycles. The fourth-order valence-electron chi connectivity index (χ4n) is 3.39. The maximum atomic E-state index is 13.3. The van der Waals surface area contributed by atoms with Crippen LogP contribution in [0, 0.1) is 5.82 Å². The summed E-state index contributed by atoms with van der Waals surface area (Å²) in [5.41, 5.74) is 1.66. The smallest absolute Gasteiger partial charge is 0.225 e. The number of benzene rings is 2. The van der Waals surface area contributed by atoms with Crippen molar-refractivity contribution >= 4 is 5.91 Å². The van der Waals surface area contributed by atoms with Crippen molar-refractivity contribution in [3.8, 4) is 0 Å². The molecule has 2 unspecified atom stereocenters. The molecule has 0 radical (unpaired) electrons. The summed E-state index contributed by atoms with van der Waals surface area (Å²) in [6.07, 6.45) is 1.83. The predicted octanol–water partition coefficient (Wildman–Crippen LogP) is 3.48. The minimum Gasteiger partial charge on any atom is -0.388 e. The summed E-state index contributed by atoms with van der Waals surface area (Å²) < 4.78 is 13.3. The number of hydrogen-bond donors (Lipinski definition) is 1. The first-order chi connectivity index (χ1) is 11.6. The highest BCUT2D eigenvalue weighted by Crippen LogP contribution is 2.25. The van der Waals surface area contributed by atoms with Crippen molar-refractivity contribution in [3.63, 3.8) is 0 Å². The molecule has 1 aliphatic heterocycles. The van der Waals surface area contributed by atoms with Crippen LogP contribution in [0.3, 0.4) is 0 Å². The lowest BCUT2D eigenvalue weighted by Crippen LogP contribution is -2.37. The van der Waals surface area contributed by atoms with Gasteiger partial charge in [-0.05, 0) is 42.5 Å². The van der Waals surface area contributed by atoms with E-state index in [9.17, 15) is 14.3 Å². The van der Waals surface area contributed by atoms with Gasteiger partial charge in [-0.3, -0.25) is 4.79 Å². The van der Waals surface area contributed by atoms with Crippen molar-refractivity contribution in [2.75, 3.05) is 6.54 Å². The second kappa shape index (κ2) is 7.58. The lowest BCUT2D eigenvalue weighted by Gasteiger charge is -2.26. The summed E-state index contributed by atoms with van der Waals surface area (Å²) in [7, 11) is 0. The number of aliphatic hydroxyl groups is 1. The number of rotatable bonds is 5. The zero-order valence-electron chi connectivity index (χ0n) is 13.6. The van der Waals surface area contributed by atoms with E-state index in [1.807, 2.05) is 41.3 Å². The number of amides is 1. The standard InChI is InChI=1S/C20H22FNO2/c21-17-9-4-6-15(12-17)13-18-10-5-11-22(18)20(24)14-19(23)16-7-2-1-3-8-16/h1-4,6-9,12,18-19,23H,5,10-11,13-14H2. The number of carbonyl (C=O) groups is 1. The summed E-state index contributed by atoms with van der Waals surface area (Å²) in [5.74, 6) is -0.284. The topological polar surface area (TPSA) is 40.5 Å². The third-order valence-electron chi connectivity index (χ3n) is 4.61. The number of nitrogens with zero attached hydrogens (tertiary/aromatic N) is 1. The minimum absolute atomic E-state index is 0.0368. The fraction of sp³-hybridized carbons (Fsp3) is 0.350. The van der Waals surface area contributed by atoms with Gasteiger partial charge in [0.15, 0.2) is 0 Å². The van der Waals surface area contributed by atoms with Crippen LogP contribution in [0.2, 0.25) is 0 Å². The second-order valence-corrected chi connectivity index (χ2v) is 6.35. The second-order valence-electron chi connectivity index (χ2n) is 6.35. The van der Waals surface area contributed by atoms with Crippen molar-refractivity contribution in [1.29, 1.82) is 0 Å². The zero-order valence-corrected chi connectivity index (χ0v) is 13.6. The molecular weight excluding hydrogens is 305 g/mol. The van der Waals surface area contributed by atoms with E-state index in [2.05, 4.69) is 0 Å². The first-order valence-electron chi connectivity index (χ1n) is 8.40. The minimum atomic E-state index is -0.783. The lowest BCUT2D eigenvalue weighted by molar-refractivity contribution is -0.134. The highest BCUT2D eigenvalue weighted by molar-refractivity contribution is 5.77. The molecule has 0 aromatic heterocycles. The Morgan fingerprint density at radius 1 is 1.21 bits per heavy atom. The SMILES string of the molecule is O=C(CC(O)c1ccccc1)N1CCCC1Cc1cccc(F)c1. The molecule has 1 aliphatic rings. The molecule has 1 fully saturated rings. The Hall–Kier alpha value is -2.20. The Morgan fingerprint density at radius 2 is 2.00 bits per heavy atom. The number of halogens is 1. The van der Waals surface area contributed by atoms with Crippen LogP contribution in [0.5, 0.6) is 0 Å². The van der Waals surface area contributed by atoms with E-state index in [4.69, 9.17) is 0 Å². The highest BCUT2D eigenvalue weighted by atomic mass is 19.1. The van der Waals surface area contributed by atoms with Crippen molar-refractivity contribution in [2.45, 2.75) is 37.8 Å². The molecule has 3 nitrogen and oxygen atoms in total. The lowest BCUT2D eigenvalue weighted by atomic mass is 10.0. The maximum Gasteiger partial charge on any atom is 0.225 e. The number of carbonyl (C=O) groups excluding carboxylic acids is 1. The molecule has 126 valence electrons. The monoisotopic (exact) mass is 327 g/mol. The van der Waals surface area contributed by atoms with E-state index in [0.717, 1.165) is 24.0 Å². The quantitative estimate of drug-likeness (QED) is 0.913. The van der Waals surface area contributed by atoms with Crippen LogP contribution in [0.25, 0.3) is 0 Å². The normalized spacial score (nSPS) is 18.6. The molecule has 1 N–H and O–H groups in total. The first kappa shape index (κ1) is 16.7. The molecule has 0 aliphatic carbocycles. The molecule has 24 heavy (non-hydrogen) atoms. The van der Waals surface area contributed by atoms with Crippen LogP contribution in [0.15, 0.2) is 54.6 Å². The average Bonchev–Trinajstić information content (AvgIpc) is 3.04. The van der Waals surface area contributed by atoms with Gasteiger partial charge in [0.05, 0.1) is 12.5 Å². The number of aliphatic hydroxyl groups excluding tert-OH is 1. The van der Waals surface area contributed by atoms with E-state index in [1.54, 1.807) is 6.07 Å². The van der Waals surface area contributed by atoms with Crippen molar-refractivity contribution < 1.29 is 14.3 Å². The van der Waals surface area contributed by atoms with Crippen LogP contribution < -0.4 is 0 Å². The molecule has 2 aromatic rings. The van der Waals surface area contributed by atoms with Gasteiger partial charge in [0.25, 0.3) is 0 Å². The van der Waals surface area contributed by atoms with Gasteiger partial charge in [-0.1, -0.05) is 42.5 Å². The molecule has 0 saturated carbocycles.